The Morgan fingerprint density at radius 1 is 1.21 bits per heavy atom. The van der Waals surface area contributed by atoms with Crippen molar-refractivity contribution in [3.05, 3.63) is 22.4 Å². The zero-order valence-electron chi connectivity index (χ0n) is 14.1. The van der Waals surface area contributed by atoms with E-state index in [-0.39, 0.29) is 30.7 Å². The van der Waals surface area contributed by atoms with Crippen LogP contribution in [0.15, 0.2) is 17.5 Å². The van der Waals surface area contributed by atoms with Gasteiger partial charge in [0.2, 0.25) is 5.91 Å². The number of nitrogens with zero attached hydrogens (tertiary/aromatic N) is 2. The van der Waals surface area contributed by atoms with Gasteiger partial charge >= 0.3 is 0 Å². The van der Waals surface area contributed by atoms with Crippen LogP contribution in [-0.4, -0.2) is 55.0 Å². The Labute approximate surface area is 161 Å². The van der Waals surface area contributed by atoms with Crippen LogP contribution in [0.1, 0.15) is 24.1 Å². The van der Waals surface area contributed by atoms with Gasteiger partial charge in [-0.15, -0.1) is 36.2 Å². The number of piperazine rings is 1. The number of amides is 1. The molecule has 1 amide bonds. The number of halogens is 2. The first-order valence-electron chi connectivity index (χ1n) is 8.51. The van der Waals surface area contributed by atoms with E-state index in [1.807, 2.05) is 11.3 Å². The van der Waals surface area contributed by atoms with Crippen LogP contribution in [0, 0.1) is 11.8 Å². The molecule has 0 bridgehead atoms. The van der Waals surface area contributed by atoms with Crippen molar-refractivity contribution in [2.24, 2.45) is 17.6 Å². The maximum atomic E-state index is 12.7. The molecule has 2 heterocycles. The topological polar surface area (TPSA) is 49.6 Å². The smallest absolute Gasteiger partial charge is 0.226 e. The second-order valence-electron chi connectivity index (χ2n) is 6.53. The van der Waals surface area contributed by atoms with Crippen molar-refractivity contribution in [1.82, 2.24) is 9.80 Å². The van der Waals surface area contributed by atoms with Crippen molar-refractivity contribution in [2.45, 2.75) is 25.7 Å². The van der Waals surface area contributed by atoms with E-state index >= 15 is 0 Å². The van der Waals surface area contributed by atoms with Crippen molar-refractivity contribution in [2.75, 3.05) is 39.3 Å². The number of nitrogens with two attached hydrogens (primary N) is 1. The Morgan fingerprint density at radius 3 is 2.58 bits per heavy atom. The van der Waals surface area contributed by atoms with E-state index in [4.69, 9.17) is 5.73 Å². The largest absolute Gasteiger partial charge is 0.340 e. The molecule has 1 saturated carbocycles. The molecule has 2 fully saturated rings. The Morgan fingerprint density at radius 2 is 1.96 bits per heavy atom. The summed E-state index contributed by atoms with van der Waals surface area (Å²) < 4.78 is 0. The highest BCUT2D eigenvalue weighted by Gasteiger charge is 2.35. The highest BCUT2D eigenvalue weighted by molar-refractivity contribution is 7.09. The summed E-state index contributed by atoms with van der Waals surface area (Å²) in [7, 11) is 0. The van der Waals surface area contributed by atoms with Crippen LogP contribution in [0.3, 0.4) is 0 Å². The SMILES string of the molecule is Cl.Cl.NC[C@H]1CCC[C@H]1C(=O)N1CCN(CCc2cccs2)CC1. The number of carbonyl (C=O) groups is 1. The van der Waals surface area contributed by atoms with Gasteiger partial charge in [-0.25, -0.2) is 0 Å². The zero-order valence-corrected chi connectivity index (χ0v) is 16.5. The summed E-state index contributed by atoms with van der Waals surface area (Å²) in [5, 5.41) is 2.14. The first-order chi connectivity index (χ1) is 10.8. The molecule has 0 unspecified atom stereocenters. The molecule has 4 nitrogen and oxygen atoms in total. The minimum atomic E-state index is 0. The molecule has 24 heavy (non-hydrogen) atoms. The van der Waals surface area contributed by atoms with Crippen LogP contribution < -0.4 is 5.73 Å². The molecule has 138 valence electrons. The van der Waals surface area contributed by atoms with Gasteiger partial charge in [-0.1, -0.05) is 12.5 Å². The summed E-state index contributed by atoms with van der Waals surface area (Å²) in [4.78, 5) is 18.7. The van der Waals surface area contributed by atoms with Gasteiger partial charge in [-0.05, 0) is 43.2 Å². The van der Waals surface area contributed by atoms with E-state index in [0.29, 0.717) is 18.4 Å². The van der Waals surface area contributed by atoms with Gasteiger partial charge in [0.1, 0.15) is 0 Å². The molecule has 1 saturated heterocycles. The molecule has 0 aromatic carbocycles. The first kappa shape index (κ1) is 21.7. The third kappa shape index (κ3) is 5.33. The predicted molar refractivity (Wildman–Crippen MR) is 105 cm³/mol. The molecule has 2 aliphatic rings. The van der Waals surface area contributed by atoms with Gasteiger partial charge in [0, 0.05) is 43.5 Å². The minimum absolute atomic E-state index is 0. The lowest BCUT2D eigenvalue weighted by Gasteiger charge is -2.36. The molecule has 3 rings (SSSR count). The van der Waals surface area contributed by atoms with Gasteiger partial charge in [0.05, 0.1) is 0 Å². The van der Waals surface area contributed by atoms with E-state index in [9.17, 15) is 4.79 Å². The second-order valence-corrected chi connectivity index (χ2v) is 7.56. The number of hydrogen-bond donors (Lipinski definition) is 1. The number of carbonyl (C=O) groups excluding carboxylic acids is 1. The van der Waals surface area contributed by atoms with E-state index in [0.717, 1.165) is 52.0 Å². The molecule has 2 atom stereocenters. The standard InChI is InChI=1S/C17H27N3OS.2ClH/c18-13-14-3-1-5-16(14)17(21)20-10-8-19(9-11-20)7-6-15-4-2-12-22-15;;/h2,4,12,14,16H,1,3,5-11,13,18H2;2*1H/t14-,16-;;/m1../s1. The Bertz CT molecular complexity index is 478. The van der Waals surface area contributed by atoms with Crippen LogP contribution in [0.2, 0.25) is 0 Å². The lowest BCUT2D eigenvalue weighted by atomic mass is 9.94. The monoisotopic (exact) mass is 393 g/mol. The normalized spacial score (nSPS) is 24.3. The summed E-state index contributed by atoms with van der Waals surface area (Å²) in [6.07, 6.45) is 4.47. The Hall–Kier alpha value is -0.330. The van der Waals surface area contributed by atoms with Crippen molar-refractivity contribution in [1.29, 1.82) is 0 Å². The summed E-state index contributed by atoms with van der Waals surface area (Å²) in [6, 6.07) is 4.32. The van der Waals surface area contributed by atoms with E-state index in [2.05, 4.69) is 27.3 Å². The minimum Gasteiger partial charge on any atom is -0.340 e. The summed E-state index contributed by atoms with van der Waals surface area (Å²) in [5.41, 5.74) is 5.82. The van der Waals surface area contributed by atoms with Crippen molar-refractivity contribution < 1.29 is 4.79 Å². The average molecular weight is 394 g/mol. The van der Waals surface area contributed by atoms with Crippen LogP contribution in [-0.2, 0) is 11.2 Å². The third-order valence-electron chi connectivity index (χ3n) is 5.22. The average Bonchev–Trinajstić information content (AvgIpc) is 3.23. The fraction of sp³-hybridized carbons (Fsp3) is 0.706. The van der Waals surface area contributed by atoms with Crippen molar-refractivity contribution in [3.63, 3.8) is 0 Å². The fourth-order valence-corrected chi connectivity index (χ4v) is 4.49. The molecule has 0 radical (unpaired) electrons. The molecular formula is C17H29Cl2N3OS. The highest BCUT2D eigenvalue weighted by atomic mass is 35.5. The van der Waals surface area contributed by atoms with Crippen LogP contribution in [0.25, 0.3) is 0 Å². The number of rotatable bonds is 5. The van der Waals surface area contributed by atoms with Crippen LogP contribution >= 0.6 is 36.2 Å². The van der Waals surface area contributed by atoms with E-state index in [1.165, 1.54) is 11.3 Å². The second kappa shape index (κ2) is 10.6. The zero-order chi connectivity index (χ0) is 15.4. The van der Waals surface area contributed by atoms with Crippen molar-refractivity contribution >= 4 is 42.1 Å². The Balaban J connectivity index is 0.00000144. The molecule has 1 aliphatic heterocycles. The van der Waals surface area contributed by atoms with Gasteiger partial charge in [-0.3, -0.25) is 9.69 Å². The summed E-state index contributed by atoms with van der Waals surface area (Å²) in [5.74, 6) is 0.984. The molecule has 1 aliphatic carbocycles. The molecule has 7 heteroatoms. The molecule has 2 N–H and O–H groups in total. The quantitative estimate of drug-likeness (QED) is 0.836. The molecule has 1 aromatic heterocycles. The summed E-state index contributed by atoms with van der Waals surface area (Å²) >= 11 is 1.83. The third-order valence-corrected chi connectivity index (χ3v) is 6.15. The first-order valence-corrected chi connectivity index (χ1v) is 9.39. The van der Waals surface area contributed by atoms with Gasteiger partial charge < -0.3 is 10.6 Å². The molecule has 1 aromatic rings. The van der Waals surface area contributed by atoms with Gasteiger partial charge in [0.15, 0.2) is 0 Å². The van der Waals surface area contributed by atoms with Gasteiger partial charge in [-0.2, -0.15) is 0 Å². The number of hydrogen-bond acceptors (Lipinski definition) is 4. The number of thiophene rings is 1. The molecular weight excluding hydrogens is 365 g/mol. The van der Waals surface area contributed by atoms with E-state index < -0.39 is 0 Å². The lowest BCUT2D eigenvalue weighted by molar-refractivity contribution is -0.138. The van der Waals surface area contributed by atoms with E-state index in [1.54, 1.807) is 0 Å². The van der Waals surface area contributed by atoms with Crippen LogP contribution in [0.4, 0.5) is 0 Å². The maximum Gasteiger partial charge on any atom is 0.226 e. The Kier molecular flexibility index (Phi) is 9.60. The van der Waals surface area contributed by atoms with Gasteiger partial charge in [0.25, 0.3) is 0 Å². The van der Waals surface area contributed by atoms with Crippen LogP contribution in [0.5, 0.6) is 0 Å². The lowest BCUT2D eigenvalue weighted by Crippen LogP contribution is -2.51. The highest BCUT2D eigenvalue weighted by Crippen LogP contribution is 2.32. The molecule has 0 spiro atoms. The fourth-order valence-electron chi connectivity index (χ4n) is 3.79. The maximum absolute atomic E-state index is 12.7. The summed E-state index contributed by atoms with van der Waals surface area (Å²) in [6.45, 7) is 5.57. The predicted octanol–water partition coefficient (Wildman–Crippen LogP) is 2.65. The van der Waals surface area contributed by atoms with Crippen molar-refractivity contribution in [3.8, 4) is 0 Å².